The van der Waals surface area contributed by atoms with E-state index in [-0.39, 0.29) is 5.56 Å². The van der Waals surface area contributed by atoms with Crippen molar-refractivity contribution >= 4 is 39.3 Å². The van der Waals surface area contributed by atoms with Gasteiger partial charge in [0.15, 0.2) is 5.16 Å². The van der Waals surface area contributed by atoms with E-state index < -0.39 is 11.2 Å². The lowest BCUT2D eigenvalue weighted by Crippen LogP contribution is -2.23. The normalized spacial score (nSPS) is 14.6. The lowest BCUT2D eigenvalue weighted by Gasteiger charge is -2.14. The maximum absolute atomic E-state index is 13.3. The first-order valence-corrected chi connectivity index (χ1v) is 9.78. The molecule has 0 saturated heterocycles. The second-order valence-corrected chi connectivity index (χ2v) is 8.40. The summed E-state index contributed by atoms with van der Waals surface area (Å²) < 4.78 is 1.55. The Morgan fingerprint density at radius 3 is 2.80 bits per heavy atom. The molecule has 0 amide bonds. The van der Waals surface area contributed by atoms with Crippen LogP contribution in [0.1, 0.15) is 23.8 Å². The van der Waals surface area contributed by atoms with E-state index in [9.17, 15) is 14.7 Å². The molecule has 7 heteroatoms. The summed E-state index contributed by atoms with van der Waals surface area (Å²) in [5.41, 5.74) is 1.74. The number of carboxylic acid groups (broad SMARTS) is 1. The molecule has 1 aliphatic rings. The summed E-state index contributed by atoms with van der Waals surface area (Å²) in [6, 6.07) is 9.29. The average Bonchev–Trinajstić information content (AvgIpc) is 3.16. The van der Waals surface area contributed by atoms with Gasteiger partial charge in [0.2, 0.25) is 0 Å². The molecule has 1 N–H and O–H groups in total. The number of carboxylic acids is 1. The Hall–Kier alpha value is -2.12. The highest BCUT2D eigenvalue weighted by molar-refractivity contribution is 8.00. The van der Waals surface area contributed by atoms with Crippen molar-refractivity contribution in [1.82, 2.24) is 9.55 Å². The van der Waals surface area contributed by atoms with Gasteiger partial charge in [0, 0.05) is 4.88 Å². The van der Waals surface area contributed by atoms with Crippen molar-refractivity contribution < 1.29 is 9.90 Å². The zero-order valence-corrected chi connectivity index (χ0v) is 15.2. The summed E-state index contributed by atoms with van der Waals surface area (Å²) in [7, 11) is 0. The lowest BCUT2D eigenvalue weighted by atomic mass is 10.2. The van der Waals surface area contributed by atoms with Crippen molar-refractivity contribution in [2.45, 2.75) is 36.6 Å². The third kappa shape index (κ3) is 2.77. The molecule has 0 radical (unpaired) electrons. The topological polar surface area (TPSA) is 72.2 Å². The highest BCUT2D eigenvalue weighted by Crippen LogP contribution is 2.36. The molecule has 0 aliphatic heterocycles. The van der Waals surface area contributed by atoms with Crippen molar-refractivity contribution in [2.75, 3.05) is 0 Å². The average molecular weight is 372 g/mol. The van der Waals surface area contributed by atoms with Gasteiger partial charge in [-0.3, -0.25) is 14.2 Å². The maximum atomic E-state index is 13.3. The summed E-state index contributed by atoms with van der Waals surface area (Å²) in [4.78, 5) is 31.2. The second-order valence-electron chi connectivity index (χ2n) is 6.01. The molecular weight excluding hydrogens is 356 g/mol. The Morgan fingerprint density at radius 1 is 1.32 bits per heavy atom. The number of para-hydroxylation sites is 1. The Morgan fingerprint density at radius 2 is 2.08 bits per heavy atom. The molecule has 128 valence electrons. The molecule has 5 nitrogen and oxygen atoms in total. The number of fused-ring (bicyclic) bond motifs is 3. The van der Waals surface area contributed by atoms with Gasteiger partial charge in [-0.25, -0.2) is 4.98 Å². The van der Waals surface area contributed by atoms with Gasteiger partial charge >= 0.3 is 5.97 Å². The van der Waals surface area contributed by atoms with Gasteiger partial charge in [0.1, 0.15) is 10.1 Å². The predicted molar refractivity (Wildman–Crippen MR) is 100 cm³/mol. The minimum absolute atomic E-state index is 0.101. The van der Waals surface area contributed by atoms with Crippen LogP contribution in [0.15, 0.2) is 40.3 Å². The number of nitrogens with zero attached hydrogens (tertiary/aromatic N) is 2. The molecule has 0 saturated carbocycles. The number of thioether (sulfide) groups is 1. The second kappa shape index (κ2) is 6.31. The highest BCUT2D eigenvalue weighted by atomic mass is 32.2. The zero-order chi connectivity index (χ0) is 17.6. The Balaban J connectivity index is 1.99. The van der Waals surface area contributed by atoms with Crippen LogP contribution in [0.2, 0.25) is 0 Å². The molecule has 1 atom stereocenters. The number of aryl methyl sites for hydroxylation is 2. The number of benzene rings is 1. The van der Waals surface area contributed by atoms with Gasteiger partial charge in [-0.2, -0.15) is 0 Å². The highest BCUT2D eigenvalue weighted by Gasteiger charge is 2.25. The summed E-state index contributed by atoms with van der Waals surface area (Å²) in [6.45, 7) is 1.60. The van der Waals surface area contributed by atoms with Gasteiger partial charge in [-0.15, -0.1) is 11.3 Å². The minimum atomic E-state index is -0.923. The Labute approximate surface area is 152 Å². The molecular formula is C18H16N2O3S2. The molecule has 2 heterocycles. The fourth-order valence-electron chi connectivity index (χ4n) is 3.12. The first kappa shape index (κ1) is 16.4. The Bertz CT molecular complexity index is 1020. The third-order valence-corrected chi connectivity index (χ3v) is 6.58. The molecule has 3 aromatic rings. The van der Waals surface area contributed by atoms with Crippen LogP contribution >= 0.6 is 23.1 Å². The summed E-state index contributed by atoms with van der Waals surface area (Å²) in [6.07, 6.45) is 2.99. The van der Waals surface area contributed by atoms with Gasteiger partial charge in [0.25, 0.3) is 5.56 Å². The summed E-state index contributed by atoms with van der Waals surface area (Å²) >= 11 is 2.67. The van der Waals surface area contributed by atoms with E-state index in [1.165, 1.54) is 4.88 Å². The van der Waals surface area contributed by atoms with Gasteiger partial charge < -0.3 is 5.11 Å². The Kier molecular flexibility index (Phi) is 4.13. The number of hydrogen-bond donors (Lipinski definition) is 1. The van der Waals surface area contributed by atoms with Crippen LogP contribution in [0.4, 0.5) is 0 Å². The molecule has 25 heavy (non-hydrogen) atoms. The molecule has 1 aliphatic carbocycles. The number of thiophene rings is 1. The molecule has 2 aromatic heterocycles. The van der Waals surface area contributed by atoms with Crippen LogP contribution in [-0.2, 0) is 17.6 Å². The molecule has 4 rings (SSSR count). The third-order valence-electron chi connectivity index (χ3n) is 4.35. The van der Waals surface area contributed by atoms with Crippen molar-refractivity contribution in [3.8, 4) is 5.69 Å². The van der Waals surface area contributed by atoms with Crippen molar-refractivity contribution in [3.63, 3.8) is 0 Å². The first-order chi connectivity index (χ1) is 12.1. The summed E-state index contributed by atoms with van der Waals surface area (Å²) in [5, 5.41) is 9.69. The van der Waals surface area contributed by atoms with Crippen LogP contribution < -0.4 is 5.56 Å². The number of aromatic nitrogens is 2. The quantitative estimate of drug-likeness (QED) is 0.561. The summed E-state index contributed by atoms with van der Waals surface area (Å²) in [5.74, 6) is -0.923. The van der Waals surface area contributed by atoms with E-state index in [0.717, 1.165) is 41.4 Å². The van der Waals surface area contributed by atoms with E-state index in [0.29, 0.717) is 16.2 Å². The zero-order valence-electron chi connectivity index (χ0n) is 13.6. The van der Waals surface area contributed by atoms with Gasteiger partial charge in [-0.05, 0) is 43.9 Å². The van der Waals surface area contributed by atoms with Crippen LogP contribution in [0.25, 0.3) is 15.9 Å². The van der Waals surface area contributed by atoms with E-state index in [4.69, 9.17) is 0 Å². The smallest absolute Gasteiger partial charge is 0.316 e. The number of rotatable bonds is 4. The molecule has 0 unspecified atom stereocenters. The van der Waals surface area contributed by atoms with Crippen LogP contribution in [0.5, 0.6) is 0 Å². The van der Waals surface area contributed by atoms with Crippen molar-refractivity contribution in [3.05, 3.63) is 51.1 Å². The van der Waals surface area contributed by atoms with Gasteiger partial charge in [0.05, 0.1) is 11.1 Å². The van der Waals surface area contributed by atoms with E-state index in [1.807, 2.05) is 30.3 Å². The molecule has 0 bridgehead atoms. The fourth-order valence-corrected chi connectivity index (χ4v) is 5.28. The molecule has 1 aromatic carbocycles. The minimum Gasteiger partial charge on any atom is -0.480 e. The number of carbonyl (C=O) groups is 1. The molecule has 0 spiro atoms. The standard InChI is InChI=1S/C18H16N2O3S2/c1-10(17(22)23)24-18-19-15-14(12-8-5-9-13(12)25-15)16(21)20(18)11-6-3-2-4-7-11/h2-4,6-7,10H,5,8-9H2,1H3,(H,22,23)/t10-/m0/s1. The van der Waals surface area contributed by atoms with E-state index in [2.05, 4.69) is 4.98 Å². The SMILES string of the molecule is C[C@H](Sc1nc2sc3c(c2c(=O)n1-c1ccccc1)CCC3)C(=O)O. The predicted octanol–water partition coefficient (Wildman–Crippen LogP) is 3.50. The number of aliphatic carboxylic acids is 1. The first-order valence-electron chi connectivity index (χ1n) is 8.08. The molecule has 0 fully saturated rings. The van der Waals surface area contributed by atoms with Crippen molar-refractivity contribution in [2.24, 2.45) is 0 Å². The fraction of sp³-hybridized carbons (Fsp3) is 0.278. The van der Waals surface area contributed by atoms with Gasteiger partial charge in [-0.1, -0.05) is 30.0 Å². The monoisotopic (exact) mass is 372 g/mol. The van der Waals surface area contributed by atoms with E-state index >= 15 is 0 Å². The van der Waals surface area contributed by atoms with E-state index in [1.54, 1.807) is 22.8 Å². The maximum Gasteiger partial charge on any atom is 0.316 e. The van der Waals surface area contributed by atoms with Crippen LogP contribution in [-0.4, -0.2) is 25.9 Å². The van der Waals surface area contributed by atoms with Crippen molar-refractivity contribution in [1.29, 1.82) is 0 Å². The largest absolute Gasteiger partial charge is 0.480 e. The number of hydrogen-bond acceptors (Lipinski definition) is 5. The lowest BCUT2D eigenvalue weighted by molar-refractivity contribution is -0.136. The van der Waals surface area contributed by atoms with Crippen LogP contribution in [0, 0.1) is 0 Å². The van der Waals surface area contributed by atoms with Crippen LogP contribution in [0.3, 0.4) is 0 Å².